The fourth-order valence-electron chi connectivity index (χ4n) is 1.90. The Labute approximate surface area is 101 Å². The molecule has 0 spiro atoms. The van der Waals surface area contributed by atoms with Crippen molar-refractivity contribution in [1.82, 2.24) is 0 Å². The van der Waals surface area contributed by atoms with E-state index in [0.29, 0.717) is 5.75 Å². The van der Waals surface area contributed by atoms with E-state index in [1.807, 2.05) is 31.2 Å². The third-order valence-corrected chi connectivity index (χ3v) is 3.11. The maximum atomic E-state index is 9.50. The van der Waals surface area contributed by atoms with Crippen molar-refractivity contribution in [3.05, 3.63) is 59.2 Å². The second-order valence-electron chi connectivity index (χ2n) is 4.36. The highest BCUT2D eigenvalue weighted by Gasteiger charge is 2.09. The Hall–Kier alpha value is -1.96. The van der Waals surface area contributed by atoms with Crippen LogP contribution >= 0.6 is 0 Å². The number of phenols is 2. The van der Waals surface area contributed by atoms with Crippen LogP contribution in [0.3, 0.4) is 0 Å². The van der Waals surface area contributed by atoms with E-state index in [2.05, 4.69) is 6.92 Å². The van der Waals surface area contributed by atoms with Crippen LogP contribution in [-0.2, 0) is 0 Å². The lowest BCUT2D eigenvalue weighted by Gasteiger charge is -2.13. The number of hydrogen-bond donors (Lipinski definition) is 2. The van der Waals surface area contributed by atoms with Crippen molar-refractivity contribution in [3.63, 3.8) is 0 Å². The first-order valence-corrected chi connectivity index (χ1v) is 5.66. The number of phenolic OH excluding ortho intramolecular Hbond substituents is 2. The summed E-state index contributed by atoms with van der Waals surface area (Å²) >= 11 is 0. The molecule has 0 aromatic heterocycles. The first-order chi connectivity index (χ1) is 8.08. The van der Waals surface area contributed by atoms with Crippen molar-refractivity contribution in [1.29, 1.82) is 0 Å². The molecule has 2 rings (SSSR count). The lowest BCUT2D eigenvalue weighted by Crippen LogP contribution is -1.96. The van der Waals surface area contributed by atoms with E-state index in [4.69, 9.17) is 0 Å². The summed E-state index contributed by atoms with van der Waals surface area (Å²) in [6.45, 7) is 4.00. The number of rotatable bonds is 2. The van der Waals surface area contributed by atoms with Gasteiger partial charge in [0.1, 0.15) is 11.5 Å². The maximum Gasteiger partial charge on any atom is 0.118 e. The summed E-state index contributed by atoms with van der Waals surface area (Å²) in [4.78, 5) is 0. The summed E-state index contributed by atoms with van der Waals surface area (Å²) in [6, 6.07) is 12.9. The predicted molar refractivity (Wildman–Crippen MR) is 68.5 cm³/mol. The van der Waals surface area contributed by atoms with Gasteiger partial charge in [0.2, 0.25) is 0 Å². The number of benzene rings is 2. The van der Waals surface area contributed by atoms with Crippen molar-refractivity contribution in [3.8, 4) is 11.5 Å². The topological polar surface area (TPSA) is 40.5 Å². The van der Waals surface area contributed by atoms with Gasteiger partial charge in [0, 0.05) is 5.92 Å². The van der Waals surface area contributed by atoms with E-state index in [0.717, 1.165) is 16.7 Å². The van der Waals surface area contributed by atoms with E-state index in [1.54, 1.807) is 18.2 Å². The lowest BCUT2D eigenvalue weighted by molar-refractivity contribution is 0.471. The van der Waals surface area contributed by atoms with Crippen molar-refractivity contribution in [2.24, 2.45) is 0 Å². The molecule has 0 amide bonds. The molecule has 2 aromatic rings. The molecule has 17 heavy (non-hydrogen) atoms. The molecule has 0 aliphatic rings. The molecule has 1 atom stereocenters. The van der Waals surface area contributed by atoms with Crippen molar-refractivity contribution >= 4 is 0 Å². The Morgan fingerprint density at radius 1 is 0.882 bits per heavy atom. The van der Waals surface area contributed by atoms with Gasteiger partial charge in [0.15, 0.2) is 0 Å². The van der Waals surface area contributed by atoms with E-state index >= 15 is 0 Å². The van der Waals surface area contributed by atoms with Crippen LogP contribution in [0.15, 0.2) is 42.5 Å². The van der Waals surface area contributed by atoms with Gasteiger partial charge in [-0.3, -0.25) is 0 Å². The van der Waals surface area contributed by atoms with Gasteiger partial charge in [-0.15, -0.1) is 0 Å². The van der Waals surface area contributed by atoms with E-state index in [-0.39, 0.29) is 11.7 Å². The van der Waals surface area contributed by atoms with Crippen LogP contribution in [0.4, 0.5) is 0 Å². The van der Waals surface area contributed by atoms with Crippen LogP contribution in [0.5, 0.6) is 11.5 Å². The summed E-state index contributed by atoms with van der Waals surface area (Å²) in [5.74, 6) is 0.851. The minimum atomic E-state index is 0.245. The van der Waals surface area contributed by atoms with E-state index in [9.17, 15) is 10.2 Å². The number of hydrogen-bond acceptors (Lipinski definition) is 2. The average Bonchev–Trinajstić information content (AvgIpc) is 2.33. The predicted octanol–water partition coefficient (Wildman–Crippen LogP) is 3.56. The molecule has 2 heteroatoms. The molecule has 0 radical (unpaired) electrons. The first kappa shape index (κ1) is 11.5. The van der Waals surface area contributed by atoms with Crippen LogP contribution in [0.25, 0.3) is 0 Å². The van der Waals surface area contributed by atoms with Crippen LogP contribution in [0, 0.1) is 6.92 Å². The summed E-state index contributed by atoms with van der Waals surface area (Å²) in [5, 5.41) is 18.8. The highest BCUT2D eigenvalue weighted by atomic mass is 16.3. The number of aromatic hydroxyl groups is 2. The summed E-state index contributed by atoms with van der Waals surface area (Å²) in [7, 11) is 0. The molecule has 0 bridgehead atoms. The smallest absolute Gasteiger partial charge is 0.118 e. The molecule has 1 unspecified atom stereocenters. The van der Waals surface area contributed by atoms with Crippen LogP contribution in [0.1, 0.15) is 29.5 Å². The van der Waals surface area contributed by atoms with Crippen molar-refractivity contribution < 1.29 is 10.2 Å². The Kier molecular flexibility index (Phi) is 3.05. The Balaban J connectivity index is 2.33. The normalized spacial score (nSPS) is 12.4. The summed E-state index contributed by atoms with van der Waals surface area (Å²) < 4.78 is 0. The summed E-state index contributed by atoms with van der Waals surface area (Å²) in [6.07, 6.45) is 0. The molecule has 0 saturated heterocycles. The molecule has 2 aromatic carbocycles. The molecule has 2 N–H and O–H groups in total. The van der Waals surface area contributed by atoms with Crippen LogP contribution < -0.4 is 0 Å². The minimum absolute atomic E-state index is 0.245. The second kappa shape index (κ2) is 4.50. The molecule has 0 aliphatic carbocycles. The SMILES string of the molecule is Cc1cc(C(C)c2ccc(O)cc2)ccc1O. The van der Waals surface area contributed by atoms with Crippen LogP contribution in [0.2, 0.25) is 0 Å². The van der Waals surface area contributed by atoms with Gasteiger partial charge >= 0.3 is 0 Å². The van der Waals surface area contributed by atoms with Crippen LogP contribution in [-0.4, -0.2) is 10.2 Å². The van der Waals surface area contributed by atoms with Crippen molar-refractivity contribution in [2.45, 2.75) is 19.8 Å². The zero-order valence-electron chi connectivity index (χ0n) is 10.0. The van der Waals surface area contributed by atoms with Gasteiger partial charge in [0.05, 0.1) is 0 Å². The van der Waals surface area contributed by atoms with Gasteiger partial charge in [-0.25, -0.2) is 0 Å². The molecule has 0 aliphatic heterocycles. The summed E-state index contributed by atoms with van der Waals surface area (Å²) in [5.41, 5.74) is 3.19. The molecular weight excluding hydrogens is 212 g/mol. The third kappa shape index (κ3) is 2.41. The van der Waals surface area contributed by atoms with Gasteiger partial charge < -0.3 is 10.2 Å². The van der Waals surface area contributed by atoms with E-state index < -0.39 is 0 Å². The zero-order chi connectivity index (χ0) is 12.4. The average molecular weight is 228 g/mol. The number of aryl methyl sites for hydroxylation is 1. The second-order valence-corrected chi connectivity index (χ2v) is 4.36. The van der Waals surface area contributed by atoms with Gasteiger partial charge in [-0.1, -0.05) is 31.2 Å². The largest absolute Gasteiger partial charge is 0.508 e. The fraction of sp³-hybridized carbons (Fsp3) is 0.200. The Morgan fingerprint density at radius 2 is 1.47 bits per heavy atom. The first-order valence-electron chi connectivity index (χ1n) is 5.66. The highest BCUT2D eigenvalue weighted by molar-refractivity contribution is 5.40. The fourth-order valence-corrected chi connectivity index (χ4v) is 1.90. The molecular formula is C15H16O2. The standard InChI is InChI=1S/C15H16O2/c1-10-9-13(5-8-15(10)17)11(2)12-3-6-14(16)7-4-12/h3-9,11,16-17H,1-2H3. The highest BCUT2D eigenvalue weighted by Crippen LogP contribution is 2.28. The van der Waals surface area contributed by atoms with Gasteiger partial charge in [-0.2, -0.15) is 0 Å². The minimum Gasteiger partial charge on any atom is -0.508 e. The van der Waals surface area contributed by atoms with E-state index in [1.165, 1.54) is 0 Å². The Morgan fingerprint density at radius 3 is 2.06 bits per heavy atom. The third-order valence-electron chi connectivity index (χ3n) is 3.11. The Bertz CT molecular complexity index is 515. The molecule has 88 valence electrons. The maximum absolute atomic E-state index is 9.50. The molecule has 2 nitrogen and oxygen atoms in total. The van der Waals surface area contributed by atoms with Crippen molar-refractivity contribution in [2.75, 3.05) is 0 Å². The molecule has 0 heterocycles. The zero-order valence-corrected chi connectivity index (χ0v) is 10.0. The van der Waals surface area contributed by atoms with Gasteiger partial charge in [0.25, 0.3) is 0 Å². The molecule has 0 fully saturated rings. The molecule has 0 saturated carbocycles. The monoisotopic (exact) mass is 228 g/mol. The quantitative estimate of drug-likeness (QED) is 0.825. The lowest BCUT2D eigenvalue weighted by atomic mass is 9.92. The van der Waals surface area contributed by atoms with Gasteiger partial charge in [-0.05, 0) is 41.8 Å².